The highest BCUT2D eigenvalue weighted by atomic mass is 16.5. The topological polar surface area (TPSA) is 35.5 Å². The molecule has 0 radical (unpaired) electrons. The van der Waals surface area contributed by atoms with Crippen LogP contribution >= 0.6 is 0 Å². The molecule has 1 atom stereocenters. The first-order chi connectivity index (χ1) is 8.90. The predicted octanol–water partition coefficient (Wildman–Crippen LogP) is 3.50. The average Bonchev–Trinajstić information content (AvgIpc) is 2.36. The molecule has 1 heterocycles. The van der Waals surface area contributed by atoms with E-state index in [0.717, 1.165) is 32.3 Å². The van der Waals surface area contributed by atoms with E-state index in [2.05, 4.69) is 0 Å². The summed E-state index contributed by atoms with van der Waals surface area (Å²) in [6, 6.07) is 0. The summed E-state index contributed by atoms with van der Waals surface area (Å²) in [5.41, 5.74) is -0.220. The van der Waals surface area contributed by atoms with Gasteiger partial charge in [-0.05, 0) is 46.5 Å². The molecule has 0 N–H and O–H groups in total. The Morgan fingerprint density at radius 2 is 1.95 bits per heavy atom. The van der Waals surface area contributed by atoms with E-state index in [1.807, 2.05) is 20.8 Å². The molecule has 0 aromatic heterocycles. The Balaban J connectivity index is 1.88. The Bertz CT molecular complexity index is 305. The van der Waals surface area contributed by atoms with Gasteiger partial charge in [-0.15, -0.1) is 0 Å². The summed E-state index contributed by atoms with van der Waals surface area (Å²) in [4.78, 5) is 12.3. The zero-order valence-electron chi connectivity index (χ0n) is 12.7. The quantitative estimate of drug-likeness (QED) is 0.786. The predicted molar refractivity (Wildman–Crippen MR) is 75.2 cm³/mol. The second-order valence-corrected chi connectivity index (χ2v) is 7.15. The molecule has 2 rings (SSSR count). The van der Waals surface area contributed by atoms with Crippen molar-refractivity contribution >= 4 is 5.78 Å². The van der Waals surface area contributed by atoms with E-state index in [1.165, 1.54) is 19.3 Å². The lowest BCUT2D eigenvalue weighted by Crippen LogP contribution is -2.44. The highest BCUT2D eigenvalue weighted by Gasteiger charge is 2.40. The molecule has 1 saturated heterocycles. The maximum Gasteiger partial charge on any atom is 0.161 e. The fourth-order valence-electron chi connectivity index (χ4n) is 3.25. The standard InChI is InChI=1S/C16H28O3/c1-15(2,3)19-12-14(17)13-7-10-18-16(11-13)8-5-4-6-9-16/h13H,4-12H2,1-3H3. The van der Waals surface area contributed by atoms with Crippen LogP contribution in [0.4, 0.5) is 0 Å². The van der Waals surface area contributed by atoms with Gasteiger partial charge < -0.3 is 9.47 Å². The number of hydrogen-bond donors (Lipinski definition) is 0. The second kappa shape index (κ2) is 5.92. The Morgan fingerprint density at radius 1 is 1.26 bits per heavy atom. The second-order valence-electron chi connectivity index (χ2n) is 7.15. The molecular weight excluding hydrogens is 240 g/mol. The normalized spacial score (nSPS) is 27.4. The zero-order valence-corrected chi connectivity index (χ0v) is 12.7. The fraction of sp³-hybridized carbons (Fsp3) is 0.938. The third kappa shape index (κ3) is 4.28. The summed E-state index contributed by atoms with van der Waals surface area (Å²) in [6.07, 6.45) is 7.87. The van der Waals surface area contributed by atoms with Gasteiger partial charge in [0.2, 0.25) is 0 Å². The number of hydrogen-bond acceptors (Lipinski definition) is 3. The van der Waals surface area contributed by atoms with Gasteiger partial charge in [0.05, 0.1) is 11.2 Å². The average molecular weight is 268 g/mol. The number of rotatable bonds is 3. The van der Waals surface area contributed by atoms with Crippen LogP contribution in [0.5, 0.6) is 0 Å². The van der Waals surface area contributed by atoms with Gasteiger partial charge in [-0.3, -0.25) is 4.79 Å². The third-order valence-corrected chi connectivity index (χ3v) is 4.36. The smallest absolute Gasteiger partial charge is 0.161 e. The van der Waals surface area contributed by atoms with Crippen molar-refractivity contribution in [3.05, 3.63) is 0 Å². The number of carbonyl (C=O) groups excluding carboxylic acids is 1. The van der Waals surface area contributed by atoms with E-state index in [9.17, 15) is 4.79 Å². The van der Waals surface area contributed by atoms with Gasteiger partial charge in [-0.1, -0.05) is 19.3 Å². The minimum atomic E-state index is -0.233. The van der Waals surface area contributed by atoms with Crippen LogP contribution in [0.2, 0.25) is 0 Å². The Kier molecular flexibility index (Phi) is 4.67. The molecule has 2 aliphatic rings. The summed E-state index contributed by atoms with van der Waals surface area (Å²) < 4.78 is 11.7. The third-order valence-electron chi connectivity index (χ3n) is 4.36. The largest absolute Gasteiger partial charge is 0.375 e. The molecule has 1 unspecified atom stereocenters. The van der Waals surface area contributed by atoms with E-state index in [4.69, 9.17) is 9.47 Å². The number of ether oxygens (including phenoxy) is 2. The van der Waals surface area contributed by atoms with Crippen molar-refractivity contribution in [2.45, 2.75) is 76.9 Å². The van der Waals surface area contributed by atoms with Crippen molar-refractivity contribution in [2.24, 2.45) is 5.92 Å². The molecule has 1 saturated carbocycles. The minimum Gasteiger partial charge on any atom is -0.375 e. The lowest BCUT2D eigenvalue weighted by atomic mass is 9.75. The molecular formula is C16H28O3. The van der Waals surface area contributed by atoms with Crippen molar-refractivity contribution in [3.63, 3.8) is 0 Å². The summed E-state index contributed by atoms with van der Waals surface area (Å²) in [5.74, 6) is 0.414. The van der Waals surface area contributed by atoms with Crippen LogP contribution in [-0.4, -0.2) is 30.2 Å². The van der Waals surface area contributed by atoms with Gasteiger partial charge in [0.1, 0.15) is 6.61 Å². The molecule has 0 aromatic rings. The molecule has 110 valence electrons. The molecule has 0 bridgehead atoms. The lowest BCUT2D eigenvalue weighted by molar-refractivity contribution is -0.149. The first kappa shape index (κ1) is 15.0. The monoisotopic (exact) mass is 268 g/mol. The first-order valence-electron chi connectivity index (χ1n) is 7.71. The Morgan fingerprint density at radius 3 is 2.58 bits per heavy atom. The molecule has 3 heteroatoms. The van der Waals surface area contributed by atoms with Gasteiger partial charge >= 0.3 is 0 Å². The van der Waals surface area contributed by atoms with Crippen molar-refractivity contribution in [1.82, 2.24) is 0 Å². The van der Waals surface area contributed by atoms with E-state index in [0.29, 0.717) is 0 Å². The zero-order chi connectivity index (χ0) is 13.9. The van der Waals surface area contributed by atoms with Crippen LogP contribution in [-0.2, 0) is 14.3 Å². The lowest BCUT2D eigenvalue weighted by Gasteiger charge is -2.43. The van der Waals surface area contributed by atoms with Gasteiger partial charge in [-0.2, -0.15) is 0 Å². The van der Waals surface area contributed by atoms with Crippen molar-refractivity contribution in [3.8, 4) is 0 Å². The Labute approximate surface area is 117 Å². The molecule has 0 aromatic carbocycles. The first-order valence-corrected chi connectivity index (χ1v) is 7.71. The summed E-state index contributed by atoms with van der Waals surface area (Å²) in [5, 5.41) is 0. The molecule has 2 fully saturated rings. The van der Waals surface area contributed by atoms with Gasteiger partial charge in [0.15, 0.2) is 5.78 Å². The van der Waals surface area contributed by atoms with E-state index in [1.54, 1.807) is 0 Å². The minimum absolute atomic E-state index is 0.0125. The van der Waals surface area contributed by atoms with Crippen molar-refractivity contribution < 1.29 is 14.3 Å². The molecule has 3 nitrogen and oxygen atoms in total. The SMILES string of the molecule is CC(C)(C)OCC(=O)C1CCOC2(CCCCC2)C1. The molecule has 1 aliphatic heterocycles. The number of carbonyl (C=O) groups is 1. The van der Waals surface area contributed by atoms with Gasteiger partial charge in [0, 0.05) is 12.5 Å². The van der Waals surface area contributed by atoms with E-state index >= 15 is 0 Å². The number of ketones is 1. The highest BCUT2D eigenvalue weighted by Crippen LogP contribution is 2.40. The molecule has 1 aliphatic carbocycles. The van der Waals surface area contributed by atoms with Gasteiger partial charge in [0.25, 0.3) is 0 Å². The summed E-state index contributed by atoms with van der Waals surface area (Å²) >= 11 is 0. The van der Waals surface area contributed by atoms with Crippen LogP contribution in [0.1, 0.15) is 65.7 Å². The fourth-order valence-corrected chi connectivity index (χ4v) is 3.25. The summed E-state index contributed by atoms with van der Waals surface area (Å²) in [7, 11) is 0. The number of Topliss-reactive ketones (excluding diaryl/α,β-unsaturated/α-hetero) is 1. The summed E-state index contributed by atoms with van der Waals surface area (Å²) in [6.45, 7) is 6.98. The van der Waals surface area contributed by atoms with Crippen molar-refractivity contribution in [2.75, 3.05) is 13.2 Å². The molecule has 0 amide bonds. The maximum absolute atomic E-state index is 12.3. The molecule has 19 heavy (non-hydrogen) atoms. The highest BCUT2D eigenvalue weighted by molar-refractivity contribution is 5.82. The van der Waals surface area contributed by atoms with Crippen LogP contribution in [0.15, 0.2) is 0 Å². The Hall–Kier alpha value is -0.410. The molecule has 1 spiro atoms. The van der Waals surface area contributed by atoms with E-state index < -0.39 is 0 Å². The van der Waals surface area contributed by atoms with E-state index in [-0.39, 0.29) is 29.5 Å². The van der Waals surface area contributed by atoms with Gasteiger partial charge in [-0.25, -0.2) is 0 Å². The van der Waals surface area contributed by atoms with Crippen LogP contribution in [0.3, 0.4) is 0 Å². The van der Waals surface area contributed by atoms with Crippen LogP contribution < -0.4 is 0 Å². The van der Waals surface area contributed by atoms with Crippen LogP contribution in [0.25, 0.3) is 0 Å². The van der Waals surface area contributed by atoms with Crippen LogP contribution in [0, 0.1) is 5.92 Å². The maximum atomic E-state index is 12.3. The van der Waals surface area contributed by atoms with Crippen molar-refractivity contribution in [1.29, 1.82) is 0 Å².